The molecule has 0 bridgehead atoms. The Labute approximate surface area is 140 Å². The zero-order chi connectivity index (χ0) is 16.5. The van der Waals surface area contributed by atoms with Crippen LogP contribution in [0.3, 0.4) is 0 Å². The van der Waals surface area contributed by atoms with Crippen LogP contribution in [-0.4, -0.2) is 36.6 Å². The Morgan fingerprint density at radius 2 is 1.92 bits per heavy atom. The van der Waals surface area contributed by atoms with E-state index < -0.39 is 0 Å². The van der Waals surface area contributed by atoms with E-state index in [9.17, 15) is 9.18 Å². The van der Waals surface area contributed by atoms with Gasteiger partial charge in [-0.05, 0) is 47.7 Å². The Morgan fingerprint density at radius 3 is 2.75 bits per heavy atom. The fourth-order valence-electron chi connectivity index (χ4n) is 3.74. The molecule has 0 saturated carbocycles. The lowest BCUT2D eigenvalue weighted by atomic mass is 10.0. The lowest BCUT2D eigenvalue weighted by Crippen LogP contribution is -2.41. The van der Waals surface area contributed by atoms with Gasteiger partial charge in [-0.15, -0.1) is 0 Å². The smallest absolute Gasteiger partial charge is 0.320 e. The van der Waals surface area contributed by atoms with Crippen molar-refractivity contribution >= 4 is 11.7 Å². The van der Waals surface area contributed by atoms with Gasteiger partial charge in [0.05, 0.1) is 0 Å². The van der Waals surface area contributed by atoms with Crippen molar-refractivity contribution in [2.24, 2.45) is 5.92 Å². The molecule has 2 heterocycles. The standard InChI is InChI=1S/C19H20FN3O/c20-16-5-1-3-13(9-16)14-4-2-6-17(10-14)22-19(24)23-8-7-15-11-21-12-18(15)23/h1-6,9-10,15,18,21H,7-8,11-12H2,(H,22,24)/t15-,18+/m0/s1. The molecule has 5 heteroatoms. The topological polar surface area (TPSA) is 44.4 Å². The van der Waals surface area contributed by atoms with Crippen LogP contribution in [0.2, 0.25) is 0 Å². The van der Waals surface area contributed by atoms with Gasteiger partial charge < -0.3 is 15.5 Å². The summed E-state index contributed by atoms with van der Waals surface area (Å²) in [5.41, 5.74) is 2.41. The minimum Gasteiger partial charge on any atom is -0.320 e. The van der Waals surface area contributed by atoms with Crippen LogP contribution in [0, 0.1) is 11.7 Å². The molecular weight excluding hydrogens is 305 g/mol. The highest BCUT2D eigenvalue weighted by molar-refractivity contribution is 5.90. The molecule has 2 aliphatic rings. The van der Waals surface area contributed by atoms with Crippen LogP contribution < -0.4 is 10.6 Å². The predicted molar refractivity (Wildman–Crippen MR) is 92.3 cm³/mol. The molecule has 2 N–H and O–H groups in total. The Balaban J connectivity index is 1.51. The summed E-state index contributed by atoms with van der Waals surface area (Å²) in [6.45, 7) is 2.69. The minimum absolute atomic E-state index is 0.0532. The van der Waals surface area contributed by atoms with Gasteiger partial charge in [-0.2, -0.15) is 0 Å². The van der Waals surface area contributed by atoms with Gasteiger partial charge in [0.15, 0.2) is 0 Å². The second kappa shape index (κ2) is 6.24. The van der Waals surface area contributed by atoms with Gasteiger partial charge in [-0.3, -0.25) is 0 Å². The number of anilines is 1. The lowest BCUT2D eigenvalue weighted by molar-refractivity contribution is 0.206. The number of nitrogens with zero attached hydrogens (tertiary/aromatic N) is 1. The molecule has 2 atom stereocenters. The molecule has 2 aromatic rings. The highest BCUT2D eigenvalue weighted by Crippen LogP contribution is 2.28. The van der Waals surface area contributed by atoms with E-state index in [0.717, 1.165) is 42.9 Å². The van der Waals surface area contributed by atoms with Crippen LogP contribution in [0.5, 0.6) is 0 Å². The first-order chi connectivity index (χ1) is 11.7. The average Bonchev–Trinajstić information content (AvgIpc) is 3.18. The fourth-order valence-corrected chi connectivity index (χ4v) is 3.74. The third kappa shape index (κ3) is 2.87. The summed E-state index contributed by atoms with van der Waals surface area (Å²) in [7, 11) is 0. The molecule has 0 spiro atoms. The van der Waals surface area contributed by atoms with Gasteiger partial charge in [-0.25, -0.2) is 9.18 Å². The third-order valence-electron chi connectivity index (χ3n) is 4.98. The Hall–Kier alpha value is -2.40. The van der Waals surface area contributed by atoms with Crippen molar-refractivity contribution in [3.8, 4) is 11.1 Å². The molecule has 0 unspecified atom stereocenters. The predicted octanol–water partition coefficient (Wildman–Crippen LogP) is 3.32. The van der Waals surface area contributed by atoms with E-state index in [2.05, 4.69) is 10.6 Å². The molecule has 0 aliphatic carbocycles. The second-order valence-corrected chi connectivity index (χ2v) is 6.49. The van der Waals surface area contributed by atoms with E-state index in [1.54, 1.807) is 6.07 Å². The second-order valence-electron chi connectivity index (χ2n) is 6.49. The summed E-state index contributed by atoms with van der Waals surface area (Å²) in [6, 6.07) is 14.3. The first-order valence-electron chi connectivity index (χ1n) is 8.35. The Kier molecular flexibility index (Phi) is 3.94. The van der Waals surface area contributed by atoms with Crippen molar-refractivity contribution in [1.29, 1.82) is 0 Å². The zero-order valence-corrected chi connectivity index (χ0v) is 13.3. The number of rotatable bonds is 2. The van der Waals surface area contributed by atoms with Crippen LogP contribution in [0.15, 0.2) is 48.5 Å². The summed E-state index contributed by atoms with van der Waals surface area (Å²) in [5, 5.41) is 6.34. The van der Waals surface area contributed by atoms with E-state index in [1.165, 1.54) is 12.1 Å². The average molecular weight is 325 g/mol. The number of benzene rings is 2. The Bertz CT molecular complexity index is 764. The van der Waals surface area contributed by atoms with Crippen LogP contribution in [0.1, 0.15) is 6.42 Å². The number of fused-ring (bicyclic) bond motifs is 1. The molecular formula is C19H20FN3O. The number of urea groups is 1. The van der Waals surface area contributed by atoms with Crippen molar-refractivity contribution in [2.45, 2.75) is 12.5 Å². The number of hydrogen-bond donors (Lipinski definition) is 2. The number of hydrogen-bond acceptors (Lipinski definition) is 2. The van der Waals surface area contributed by atoms with E-state index >= 15 is 0 Å². The van der Waals surface area contributed by atoms with E-state index in [-0.39, 0.29) is 11.8 Å². The summed E-state index contributed by atoms with van der Waals surface area (Å²) in [4.78, 5) is 14.5. The van der Waals surface area contributed by atoms with Gasteiger partial charge in [0.25, 0.3) is 0 Å². The minimum atomic E-state index is -0.265. The van der Waals surface area contributed by atoms with E-state index in [4.69, 9.17) is 0 Å². The van der Waals surface area contributed by atoms with E-state index in [0.29, 0.717) is 12.0 Å². The normalized spacial score (nSPS) is 22.5. The molecule has 0 aromatic heterocycles. The molecule has 24 heavy (non-hydrogen) atoms. The van der Waals surface area contributed by atoms with Gasteiger partial charge in [0, 0.05) is 31.4 Å². The van der Waals surface area contributed by atoms with Crippen LogP contribution in [-0.2, 0) is 0 Å². The number of likely N-dealkylation sites (tertiary alicyclic amines) is 1. The number of halogens is 1. The highest BCUT2D eigenvalue weighted by atomic mass is 19.1. The maximum atomic E-state index is 13.4. The maximum absolute atomic E-state index is 13.4. The third-order valence-corrected chi connectivity index (χ3v) is 4.98. The summed E-state index contributed by atoms with van der Waals surface area (Å²) in [5.74, 6) is 0.313. The molecule has 2 amide bonds. The summed E-state index contributed by atoms with van der Waals surface area (Å²) < 4.78 is 13.4. The molecule has 4 nitrogen and oxygen atoms in total. The number of nitrogens with one attached hydrogen (secondary N) is 2. The maximum Gasteiger partial charge on any atom is 0.322 e. The molecule has 4 rings (SSSR count). The van der Waals surface area contributed by atoms with Crippen molar-refractivity contribution in [3.05, 3.63) is 54.3 Å². The molecule has 2 fully saturated rings. The number of carbonyl (C=O) groups excluding carboxylic acids is 1. The first-order valence-corrected chi connectivity index (χ1v) is 8.35. The fraction of sp³-hybridized carbons (Fsp3) is 0.316. The highest BCUT2D eigenvalue weighted by Gasteiger charge is 2.39. The molecule has 2 aliphatic heterocycles. The quantitative estimate of drug-likeness (QED) is 0.890. The SMILES string of the molecule is O=C(Nc1cccc(-c2cccc(F)c2)c1)N1CC[C@H]2CNC[C@H]21. The summed E-state index contributed by atoms with van der Waals surface area (Å²) >= 11 is 0. The monoisotopic (exact) mass is 325 g/mol. The van der Waals surface area contributed by atoms with Gasteiger partial charge in [0.2, 0.25) is 0 Å². The van der Waals surface area contributed by atoms with Crippen LogP contribution >= 0.6 is 0 Å². The van der Waals surface area contributed by atoms with Crippen molar-refractivity contribution < 1.29 is 9.18 Å². The first kappa shape index (κ1) is 15.1. The molecule has 2 aromatic carbocycles. The van der Waals surface area contributed by atoms with Crippen LogP contribution in [0.4, 0.5) is 14.9 Å². The number of amides is 2. The Morgan fingerprint density at radius 1 is 1.12 bits per heavy atom. The molecule has 0 radical (unpaired) electrons. The largest absolute Gasteiger partial charge is 0.322 e. The van der Waals surface area contributed by atoms with Crippen molar-refractivity contribution in [1.82, 2.24) is 10.2 Å². The van der Waals surface area contributed by atoms with Gasteiger partial charge in [0.1, 0.15) is 5.82 Å². The van der Waals surface area contributed by atoms with Crippen LogP contribution in [0.25, 0.3) is 11.1 Å². The number of carbonyl (C=O) groups is 1. The summed E-state index contributed by atoms with van der Waals surface area (Å²) in [6.07, 6.45) is 1.06. The van der Waals surface area contributed by atoms with Gasteiger partial charge in [-0.1, -0.05) is 24.3 Å². The van der Waals surface area contributed by atoms with Crippen molar-refractivity contribution in [2.75, 3.05) is 25.0 Å². The molecule has 2 saturated heterocycles. The lowest BCUT2D eigenvalue weighted by Gasteiger charge is -2.23. The zero-order valence-electron chi connectivity index (χ0n) is 13.3. The van der Waals surface area contributed by atoms with E-state index in [1.807, 2.05) is 35.2 Å². The van der Waals surface area contributed by atoms with Gasteiger partial charge >= 0.3 is 6.03 Å². The molecule has 124 valence electrons. The van der Waals surface area contributed by atoms with Crippen molar-refractivity contribution in [3.63, 3.8) is 0 Å².